The SMILES string of the molecule is Cc1ncc(CN(C)C(=O)CCc2cccc(N)c2)s1. The van der Waals surface area contributed by atoms with Crippen LogP contribution in [-0.4, -0.2) is 22.8 Å². The number of aromatic nitrogens is 1. The maximum Gasteiger partial charge on any atom is 0.222 e. The molecule has 0 radical (unpaired) electrons. The van der Waals surface area contributed by atoms with Gasteiger partial charge in [-0.3, -0.25) is 4.79 Å². The second kappa shape index (κ2) is 6.52. The lowest BCUT2D eigenvalue weighted by molar-refractivity contribution is -0.130. The number of thiazole rings is 1. The minimum atomic E-state index is 0.137. The van der Waals surface area contributed by atoms with Crippen molar-refractivity contribution in [3.05, 3.63) is 45.9 Å². The van der Waals surface area contributed by atoms with Gasteiger partial charge in [0.2, 0.25) is 5.91 Å². The Morgan fingerprint density at radius 2 is 2.25 bits per heavy atom. The lowest BCUT2D eigenvalue weighted by Crippen LogP contribution is -2.26. The van der Waals surface area contributed by atoms with Gasteiger partial charge in [0, 0.05) is 30.2 Å². The highest BCUT2D eigenvalue weighted by Gasteiger charge is 2.10. The molecule has 2 N–H and O–H groups in total. The Morgan fingerprint density at radius 1 is 1.45 bits per heavy atom. The molecule has 0 aliphatic rings. The predicted octanol–water partition coefficient (Wildman–Crippen LogP) is 2.62. The van der Waals surface area contributed by atoms with E-state index in [1.807, 2.05) is 44.4 Å². The zero-order valence-electron chi connectivity index (χ0n) is 11.8. The van der Waals surface area contributed by atoms with Crippen LogP contribution in [0, 0.1) is 6.92 Å². The molecule has 5 heteroatoms. The molecule has 0 atom stereocenters. The molecule has 0 saturated heterocycles. The molecule has 1 aromatic carbocycles. The monoisotopic (exact) mass is 289 g/mol. The number of nitrogens with two attached hydrogens (primary N) is 1. The van der Waals surface area contributed by atoms with Crippen molar-refractivity contribution in [3.63, 3.8) is 0 Å². The molecule has 0 bridgehead atoms. The molecule has 0 spiro atoms. The summed E-state index contributed by atoms with van der Waals surface area (Å²) < 4.78 is 0. The summed E-state index contributed by atoms with van der Waals surface area (Å²) in [6, 6.07) is 7.68. The van der Waals surface area contributed by atoms with Gasteiger partial charge in [0.25, 0.3) is 0 Å². The van der Waals surface area contributed by atoms with Crippen molar-refractivity contribution in [2.45, 2.75) is 26.3 Å². The summed E-state index contributed by atoms with van der Waals surface area (Å²) in [5, 5.41) is 1.03. The molecule has 4 nitrogen and oxygen atoms in total. The van der Waals surface area contributed by atoms with Gasteiger partial charge in [0.15, 0.2) is 0 Å². The van der Waals surface area contributed by atoms with Crippen LogP contribution in [-0.2, 0) is 17.8 Å². The topological polar surface area (TPSA) is 59.2 Å². The number of nitrogen functional groups attached to an aromatic ring is 1. The van der Waals surface area contributed by atoms with E-state index in [1.165, 1.54) is 0 Å². The summed E-state index contributed by atoms with van der Waals surface area (Å²) in [4.78, 5) is 19.2. The fourth-order valence-corrected chi connectivity index (χ4v) is 2.84. The van der Waals surface area contributed by atoms with Gasteiger partial charge in [0.05, 0.1) is 11.6 Å². The average molecular weight is 289 g/mol. The van der Waals surface area contributed by atoms with E-state index in [1.54, 1.807) is 16.2 Å². The van der Waals surface area contributed by atoms with Crippen LogP contribution in [0.3, 0.4) is 0 Å². The van der Waals surface area contributed by atoms with Gasteiger partial charge in [0.1, 0.15) is 0 Å². The standard InChI is InChI=1S/C15H19N3OS/c1-11-17-9-14(20-11)10-18(2)15(19)7-6-12-4-3-5-13(16)8-12/h3-5,8-9H,6-7,10,16H2,1-2H3. The van der Waals surface area contributed by atoms with Crippen molar-refractivity contribution in [2.24, 2.45) is 0 Å². The van der Waals surface area contributed by atoms with Crippen LogP contribution in [0.15, 0.2) is 30.5 Å². The van der Waals surface area contributed by atoms with Gasteiger partial charge in [-0.05, 0) is 31.0 Å². The molecule has 1 amide bonds. The maximum absolute atomic E-state index is 12.1. The molecule has 2 aromatic rings. The highest BCUT2D eigenvalue weighted by Crippen LogP contribution is 2.14. The fraction of sp³-hybridized carbons (Fsp3) is 0.333. The van der Waals surface area contributed by atoms with E-state index in [9.17, 15) is 4.79 Å². The summed E-state index contributed by atoms with van der Waals surface area (Å²) >= 11 is 1.63. The van der Waals surface area contributed by atoms with Gasteiger partial charge in [-0.25, -0.2) is 4.98 Å². The molecule has 1 heterocycles. The first-order valence-corrected chi connectivity index (χ1v) is 7.36. The Hall–Kier alpha value is -1.88. The Kier molecular flexibility index (Phi) is 4.74. The first-order valence-electron chi connectivity index (χ1n) is 6.54. The van der Waals surface area contributed by atoms with Crippen molar-refractivity contribution in [1.29, 1.82) is 0 Å². The number of amides is 1. The summed E-state index contributed by atoms with van der Waals surface area (Å²) in [6.45, 7) is 2.59. The van der Waals surface area contributed by atoms with Crippen LogP contribution in [0.1, 0.15) is 21.9 Å². The van der Waals surface area contributed by atoms with Crippen LogP contribution in [0.25, 0.3) is 0 Å². The van der Waals surface area contributed by atoms with Gasteiger partial charge < -0.3 is 10.6 Å². The molecule has 0 fully saturated rings. The minimum Gasteiger partial charge on any atom is -0.399 e. The normalized spacial score (nSPS) is 10.5. The van der Waals surface area contributed by atoms with Crippen LogP contribution in [0.2, 0.25) is 0 Å². The van der Waals surface area contributed by atoms with Gasteiger partial charge in [-0.1, -0.05) is 12.1 Å². The highest BCUT2D eigenvalue weighted by atomic mass is 32.1. The number of carbonyl (C=O) groups excluding carboxylic acids is 1. The molecular weight excluding hydrogens is 270 g/mol. The van der Waals surface area contributed by atoms with Gasteiger partial charge >= 0.3 is 0 Å². The summed E-state index contributed by atoms with van der Waals surface area (Å²) in [5.74, 6) is 0.137. The van der Waals surface area contributed by atoms with Crippen molar-refractivity contribution in [3.8, 4) is 0 Å². The maximum atomic E-state index is 12.1. The fourth-order valence-electron chi connectivity index (χ4n) is 1.99. The zero-order valence-corrected chi connectivity index (χ0v) is 12.6. The number of carbonyl (C=O) groups is 1. The van der Waals surface area contributed by atoms with Crippen LogP contribution in [0.5, 0.6) is 0 Å². The summed E-state index contributed by atoms with van der Waals surface area (Å²) in [7, 11) is 1.83. The quantitative estimate of drug-likeness (QED) is 0.861. The molecule has 0 aliphatic carbocycles. The van der Waals surface area contributed by atoms with Gasteiger partial charge in [-0.15, -0.1) is 11.3 Å². The molecule has 20 heavy (non-hydrogen) atoms. The van der Waals surface area contributed by atoms with E-state index in [2.05, 4.69) is 4.98 Å². The van der Waals surface area contributed by atoms with E-state index < -0.39 is 0 Å². The average Bonchev–Trinajstić information content (AvgIpc) is 2.81. The summed E-state index contributed by atoms with van der Waals surface area (Å²) in [5.41, 5.74) is 7.57. The third-order valence-electron chi connectivity index (χ3n) is 3.07. The Morgan fingerprint density at radius 3 is 2.90 bits per heavy atom. The predicted molar refractivity (Wildman–Crippen MR) is 82.5 cm³/mol. The first kappa shape index (κ1) is 14.5. The highest BCUT2D eigenvalue weighted by molar-refractivity contribution is 7.11. The second-order valence-electron chi connectivity index (χ2n) is 4.84. The van der Waals surface area contributed by atoms with Crippen LogP contribution < -0.4 is 5.73 Å². The number of aryl methyl sites for hydroxylation is 2. The summed E-state index contributed by atoms with van der Waals surface area (Å²) in [6.07, 6.45) is 3.05. The number of hydrogen-bond donors (Lipinski definition) is 1. The number of benzene rings is 1. The van der Waals surface area contributed by atoms with Crippen molar-refractivity contribution in [1.82, 2.24) is 9.88 Å². The largest absolute Gasteiger partial charge is 0.399 e. The molecule has 0 unspecified atom stereocenters. The van der Waals surface area contributed by atoms with Crippen LogP contribution >= 0.6 is 11.3 Å². The van der Waals surface area contributed by atoms with Crippen LogP contribution in [0.4, 0.5) is 5.69 Å². The van der Waals surface area contributed by atoms with Crippen molar-refractivity contribution in [2.75, 3.05) is 12.8 Å². The lowest BCUT2D eigenvalue weighted by atomic mass is 10.1. The Balaban J connectivity index is 1.85. The molecule has 0 saturated carbocycles. The molecule has 106 valence electrons. The van der Waals surface area contributed by atoms with Crippen molar-refractivity contribution < 1.29 is 4.79 Å². The number of nitrogens with zero attached hydrogens (tertiary/aromatic N) is 2. The molecule has 0 aliphatic heterocycles. The van der Waals surface area contributed by atoms with E-state index in [0.29, 0.717) is 13.0 Å². The van der Waals surface area contributed by atoms with E-state index in [-0.39, 0.29) is 5.91 Å². The van der Waals surface area contributed by atoms with E-state index in [0.717, 1.165) is 27.6 Å². The minimum absolute atomic E-state index is 0.137. The Labute approximate surface area is 123 Å². The van der Waals surface area contributed by atoms with Crippen molar-refractivity contribution >= 4 is 22.9 Å². The van der Waals surface area contributed by atoms with Gasteiger partial charge in [-0.2, -0.15) is 0 Å². The smallest absolute Gasteiger partial charge is 0.222 e. The third-order valence-corrected chi connectivity index (χ3v) is 3.96. The number of hydrogen-bond acceptors (Lipinski definition) is 4. The molecule has 2 rings (SSSR count). The lowest BCUT2D eigenvalue weighted by Gasteiger charge is -2.16. The Bertz CT molecular complexity index is 594. The number of anilines is 1. The molecule has 1 aromatic heterocycles. The first-order chi connectivity index (χ1) is 9.54. The molecular formula is C15H19N3OS. The van der Waals surface area contributed by atoms with E-state index >= 15 is 0 Å². The second-order valence-corrected chi connectivity index (χ2v) is 6.16. The number of rotatable bonds is 5. The van der Waals surface area contributed by atoms with E-state index in [4.69, 9.17) is 5.73 Å². The third kappa shape index (κ3) is 4.06. The zero-order chi connectivity index (χ0) is 14.5.